The Bertz CT molecular complexity index is 653. The van der Waals surface area contributed by atoms with E-state index in [0.717, 1.165) is 12.0 Å². The molecule has 0 spiro atoms. The number of hydrogen-bond donors (Lipinski definition) is 1. The summed E-state index contributed by atoms with van der Waals surface area (Å²) < 4.78 is 10.4. The topological polar surface area (TPSA) is 72.6 Å². The smallest absolute Gasteiger partial charge is 0.358 e. The summed E-state index contributed by atoms with van der Waals surface area (Å²) >= 11 is 0. The third kappa shape index (κ3) is 3.62. The van der Waals surface area contributed by atoms with Gasteiger partial charge in [0.05, 0.1) is 12.7 Å². The van der Waals surface area contributed by atoms with Crippen LogP contribution in [0.1, 0.15) is 36.8 Å². The minimum absolute atomic E-state index is 0.117. The number of hydrogen-bond acceptors (Lipinski definition) is 4. The van der Waals surface area contributed by atoms with Crippen molar-refractivity contribution in [1.29, 1.82) is 0 Å². The summed E-state index contributed by atoms with van der Waals surface area (Å²) in [6.07, 6.45) is 0.893. The first-order valence-electron chi connectivity index (χ1n) is 6.67. The number of benzene rings is 1. The van der Waals surface area contributed by atoms with E-state index in [1.54, 1.807) is 7.11 Å². The molecule has 0 saturated heterocycles. The highest BCUT2D eigenvalue weighted by Crippen LogP contribution is 2.33. The van der Waals surface area contributed by atoms with Crippen LogP contribution in [0.5, 0.6) is 5.75 Å². The van der Waals surface area contributed by atoms with Gasteiger partial charge in [-0.3, -0.25) is 0 Å². The van der Waals surface area contributed by atoms with Crippen molar-refractivity contribution in [3.8, 4) is 17.1 Å². The van der Waals surface area contributed by atoms with Gasteiger partial charge in [-0.1, -0.05) is 32.0 Å². The van der Waals surface area contributed by atoms with Crippen LogP contribution < -0.4 is 4.74 Å². The highest BCUT2D eigenvalue weighted by atomic mass is 16.5. The fraction of sp³-hybridized carbons (Fsp3) is 0.375. The second-order valence-electron chi connectivity index (χ2n) is 6.15. The van der Waals surface area contributed by atoms with E-state index < -0.39 is 5.97 Å². The molecular weight excluding hydrogens is 270 g/mol. The predicted molar refractivity (Wildman–Crippen MR) is 78.6 cm³/mol. The lowest BCUT2D eigenvalue weighted by molar-refractivity contribution is 0.0686. The zero-order valence-electron chi connectivity index (χ0n) is 12.6. The standard InChI is InChI=1S/C16H19NO4/c1-16(2,3)9-10-5-6-13(20-4)11(7-10)14-8-12(15(18)19)17-21-14/h5-8H,9H2,1-4H3,(H,18,19). The summed E-state index contributed by atoms with van der Waals surface area (Å²) in [6.45, 7) is 6.48. The van der Waals surface area contributed by atoms with Crippen LogP contribution in [-0.2, 0) is 6.42 Å². The number of aromatic nitrogens is 1. The van der Waals surface area contributed by atoms with Crippen molar-refractivity contribution in [3.63, 3.8) is 0 Å². The third-order valence-corrected chi connectivity index (χ3v) is 2.99. The molecule has 1 aromatic carbocycles. The second-order valence-corrected chi connectivity index (χ2v) is 6.15. The monoisotopic (exact) mass is 289 g/mol. The fourth-order valence-electron chi connectivity index (χ4n) is 2.17. The van der Waals surface area contributed by atoms with Gasteiger partial charge in [-0.25, -0.2) is 4.79 Å². The van der Waals surface area contributed by atoms with Crippen molar-refractivity contribution in [2.24, 2.45) is 5.41 Å². The average Bonchev–Trinajstić information content (AvgIpc) is 2.86. The second kappa shape index (κ2) is 5.60. The van der Waals surface area contributed by atoms with E-state index in [1.165, 1.54) is 6.07 Å². The lowest BCUT2D eigenvalue weighted by Crippen LogP contribution is -2.09. The summed E-state index contributed by atoms with van der Waals surface area (Å²) in [6, 6.07) is 7.22. The zero-order chi connectivity index (χ0) is 15.6. The van der Waals surface area contributed by atoms with Crippen molar-refractivity contribution in [2.75, 3.05) is 7.11 Å². The molecule has 2 aromatic rings. The molecular formula is C16H19NO4. The van der Waals surface area contributed by atoms with E-state index >= 15 is 0 Å². The van der Waals surface area contributed by atoms with Gasteiger partial charge in [0.15, 0.2) is 11.5 Å². The first kappa shape index (κ1) is 15.1. The molecule has 0 saturated carbocycles. The Morgan fingerprint density at radius 1 is 1.33 bits per heavy atom. The fourth-order valence-corrected chi connectivity index (χ4v) is 2.17. The molecule has 2 rings (SSSR count). The van der Waals surface area contributed by atoms with Crippen LogP contribution in [0.2, 0.25) is 0 Å². The number of ether oxygens (including phenoxy) is 1. The number of rotatable bonds is 4. The van der Waals surface area contributed by atoms with Gasteiger partial charge in [0.25, 0.3) is 0 Å². The van der Waals surface area contributed by atoms with Crippen LogP contribution in [0.4, 0.5) is 0 Å². The third-order valence-electron chi connectivity index (χ3n) is 2.99. The molecule has 0 fully saturated rings. The number of nitrogens with zero attached hydrogens (tertiary/aromatic N) is 1. The van der Waals surface area contributed by atoms with E-state index in [9.17, 15) is 4.79 Å². The Hall–Kier alpha value is -2.30. The van der Waals surface area contributed by atoms with E-state index in [0.29, 0.717) is 17.1 Å². The van der Waals surface area contributed by atoms with Crippen molar-refractivity contribution >= 4 is 5.97 Å². The Morgan fingerprint density at radius 2 is 2.05 bits per heavy atom. The van der Waals surface area contributed by atoms with Gasteiger partial charge < -0.3 is 14.4 Å². The van der Waals surface area contributed by atoms with Crippen LogP contribution in [0.15, 0.2) is 28.8 Å². The van der Waals surface area contributed by atoms with Gasteiger partial charge in [-0.2, -0.15) is 0 Å². The lowest BCUT2D eigenvalue weighted by atomic mass is 9.87. The van der Waals surface area contributed by atoms with Gasteiger partial charge in [0.1, 0.15) is 5.75 Å². The van der Waals surface area contributed by atoms with Crippen molar-refractivity contribution in [1.82, 2.24) is 5.16 Å². The van der Waals surface area contributed by atoms with Crippen molar-refractivity contribution < 1.29 is 19.2 Å². The quantitative estimate of drug-likeness (QED) is 0.930. The molecule has 0 aliphatic rings. The van der Waals surface area contributed by atoms with E-state index in [2.05, 4.69) is 25.9 Å². The summed E-state index contributed by atoms with van der Waals surface area (Å²) in [5.74, 6) is -0.101. The molecule has 1 aromatic heterocycles. The number of carboxylic acids is 1. The van der Waals surface area contributed by atoms with Gasteiger partial charge in [-0.15, -0.1) is 0 Å². The first-order chi connectivity index (χ1) is 9.80. The molecule has 0 aliphatic carbocycles. The van der Waals surface area contributed by atoms with Crippen LogP contribution in [0, 0.1) is 5.41 Å². The average molecular weight is 289 g/mol. The molecule has 0 aliphatic heterocycles. The molecule has 112 valence electrons. The van der Waals surface area contributed by atoms with Crippen LogP contribution in [-0.4, -0.2) is 23.3 Å². The maximum Gasteiger partial charge on any atom is 0.358 e. The largest absolute Gasteiger partial charge is 0.496 e. The van der Waals surface area contributed by atoms with Gasteiger partial charge in [0.2, 0.25) is 0 Å². The molecule has 0 amide bonds. The molecule has 0 unspecified atom stereocenters. The molecule has 0 atom stereocenters. The van der Waals surface area contributed by atoms with Gasteiger partial charge in [-0.05, 0) is 29.5 Å². The molecule has 5 heteroatoms. The zero-order valence-corrected chi connectivity index (χ0v) is 12.6. The summed E-state index contributed by atoms with van der Waals surface area (Å²) in [5, 5.41) is 12.5. The molecule has 21 heavy (non-hydrogen) atoms. The van der Waals surface area contributed by atoms with Crippen LogP contribution >= 0.6 is 0 Å². The van der Waals surface area contributed by atoms with E-state index in [1.807, 2.05) is 18.2 Å². The Labute approximate surface area is 123 Å². The molecule has 0 radical (unpaired) electrons. The summed E-state index contributed by atoms with van der Waals surface area (Å²) in [5.41, 5.74) is 1.87. The van der Waals surface area contributed by atoms with Crippen molar-refractivity contribution in [3.05, 3.63) is 35.5 Å². The minimum atomic E-state index is -1.12. The normalized spacial score (nSPS) is 11.4. The highest BCUT2D eigenvalue weighted by Gasteiger charge is 2.18. The lowest BCUT2D eigenvalue weighted by Gasteiger charge is -2.19. The molecule has 0 bridgehead atoms. The van der Waals surface area contributed by atoms with Gasteiger partial charge in [0, 0.05) is 6.07 Å². The van der Waals surface area contributed by atoms with Crippen LogP contribution in [0.3, 0.4) is 0 Å². The number of carbonyl (C=O) groups is 1. The maximum absolute atomic E-state index is 10.9. The SMILES string of the molecule is COc1ccc(CC(C)(C)C)cc1-c1cc(C(=O)O)no1. The number of methoxy groups -OCH3 is 1. The molecule has 1 heterocycles. The van der Waals surface area contributed by atoms with Crippen molar-refractivity contribution in [2.45, 2.75) is 27.2 Å². The Balaban J connectivity index is 2.44. The van der Waals surface area contributed by atoms with E-state index in [4.69, 9.17) is 14.4 Å². The maximum atomic E-state index is 10.9. The Kier molecular flexibility index (Phi) is 4.02. The number of carboxylic acid groups (broad SMARTS) is 1. The first-order valence-corrected chi connectivity index (χ1v) is 6.67. The molecule has 5 nitrogen and oxygen atoms in total. The highest BCUT2D eigenvalue weighted by molar-refractivity contribution is 5.86. The minimum Gasteiger partial charge on any atom is -0.496 e. The summed E-state index contributed by atoms with van der Waals surface area (Å²) in [7, 11) is 1.57. The van der Waals surface area contributed by atoms with E-state index in [-0.39, 0.29) is 11.1 Å². The van der Waals surface area contributed by atoms with Crippen LogP contribution in [0.25, 0.3) is 11.3 Å². The van der Waals surface area contributed by atoms with Gasteiger partial charge >= 0.3 is 5.97 Å². The Morgan fingerprint density at radius 3 is 2.57 bits per heavy atom. The summed E-state index contributed by atoms with van der Waals surface area (Å²) in [4.78, 5) is 10.9. The predicted octanol–water partition coefficient (Wildman–Crippen LogP) is 3.64. The molecule has 1 N–H and O–H groups in total. The number of aromatic carboxylic acids is 1.